The predicted octanol–water partition coefficient (Wildman–Crippen LogP) is 4.00. The first kappa shape index (κ1) is 16.8. The van der Waals surface area contributed by atoms with E-state index >= 15 is 0 Å². The number of carbonyl (C=O) groups is 1. The minimum Gasteiger partial charge on any atom is -0.444 e. The SMILES string of the molecule is Cc1cc(C2(CO)CC2(C)C)ccc1NC(=O)OC(C)(C)C. The van der Waals surface area contributed by atoms with Crippen LogP contribution in [0.2, 0.25) is 0 Å². The Morgan fingerprint density at radius 1 is 1.36 bits per heavy atom. The Hall–Kier alpha value is -1.55. The molecule has 1 atom stereocenters. The molecule has 1 aliphatic carbocycles. The lowest BCUT2D eigenvalue weighted by atomic mass is 9.87. The first-order valence-corrected chi connectivity index (χ1v) is 7.73. The molecule has 0 radical (unpaired) electrons. The van der Waals surface area contributed by atoms with Crippen molar-refractivity contribution in [2.75, 3.05) is 11.9 Å². The Labute approximate surface area is 132 Å². The van der Waals surface area contributed by atoms with Gasteiger partial charge in [0.15, 0.2) is 0 Å². The fourth-order valence-corrected chi connectivity index (χ4v) is 3.08. The molecule has 1 aromatic rings. The molecule has 0 spiro atoms. The molecule has 1 aromatic carbocycles. The topological polar surface area (TPSA) is 58.6 Å². The van der Waals surface area contributed by atoms with Crippen molar-refractivity contribution in [3.63, 3.8) is 0 Å². The number of amides is 1. The number of hydrogen-bond donors (Lipinski definition) is 2. The van der Waals surface area contributed by atoms with Gasteiger partial charge in [-0.2, -0.15) is 0 Å². The second-order valence-corrected chi connectivity index (χ2v) is 7.96. The number of carbonyl (C=O) groups excluding carboxylic acids is 1. The van der Waals surface area contributed by atoms with Gasteiger partial charge in [0.2, 0.25) is 0 Å². The first-order chi connectivity index (χ1) is 10.0. The van der Waals surface area contributed by atoms with E-state index in [1.807, 2.05) is 39.8 Å². The van der Waals surface area contributed by atoms with Crippen LogP contribution in [0.1, 0.15) is 52.2 Å². The maximum Gasteiger partial charge on any atom is 0.412 e. The highest BCUT2D eigenvalue weighted by Crippen LogP contribution is 2.64. The predicted molar refractivity (Wildman–Crippen MR) is 88.2 cm³/mol. The Kier molecular flexibility index (Phi) is 4.03. The van der Waals surface area contributed by atoms with Gasteiger partial charge < -0.3 is 9.84 Å². The lowest BCUT2D eigenvalue weighted by Crippen LogP contribution is -2.27. The van der Waals surface area contributed by atoms with E-state index in [1.54, 1.807) is 0 Å². The summed E-state index contributed by atoms with van der Waals surface area (Å²) in [5, 5.41) is 12.6. The fourth-order valence-electron chi connectivity index (χ4n) is 3.08. The van der Waals surface area contributed by atoms with Gasteiger partial charge in [-0.1, -0.05) is 26.0 Å². The minimum atomic E-state index is -0.517. The highest BCUT2D eigenvalue weighted by atomic mass is 16.6. The summed E-state index contributed by atoms with van der Waals surface area (Å²) in [6.45, 7) is 12.0. The molecule has 1 aliphatic rings. The zero-order valence-corrected chi connectivity index (χ0v) is 14.4. The van der Waals surface area contributed by atoms with Crippen LogP contribution in [0.15, 0.2) is 18.2 Å². The van der Waals surface area contributed by atoms with Crippen molar-refractivity contribution in [3.05, 3.63) is 29.3 Å². The molecule has 1 amide bonds. The highest BCUT2D eigenvalue weighted by Gasteiger charge is 2.61. The molecule has 122 valence electrons. The Morgan fingerprint density at radius 3 is 2.36 bits per heavy atom. The fraction of sp³-hybridized carbons (Fsp3) is 0.611. The maximum absolute atomic E-state index is 11.9. The van der Waals surface area contributed by atoms with Crippen molar-refractivity contribution in [1.29, 1.82) is 0 Å². The molecule has 0 aliphatic heterocycles. The third-order valence-corrected chi connectivity index (χ3v) is 4.60. The van der Waals surface area contributed by atoms with Gasteiger partial charge in [-0.25, -0.2) is 4.79 Å². The Morgan fingerprint density at radius 2 is 1.95 bits per heavy atom. The number of nitrogens with one attached hydrogen (secondary N) is 1. The molecule has 4 heteroatoms. The van der Waals surface area contributed by atoms with Crippen LogP contribution >= 0.6 is 0 Å². The summed E-state index contributed by atoms with van der Waals surface area (Å²) in [5.74, 6) is 0. The first-order valence-electron chi connectivity index (χ1n) is 7.73. The second kappa shape index (κ2) is 5.27. The lowest BCUT2D eigenvalue weighted by Gasteiger charge is -2.22. The van der Waals surface area contributed by atoms with Crippen molar-refractivity contribution in [2.24, 2.45) is 5.41 Å². The van der Waals surface area contributed by atoms with Crippen molar-refractivity contribution < 1.29 is 14.6 Å². The van der Waals surface area contributed by atoms with E-state index in [0.29, 0.717) is 0 Å². The van der Waals surface area contributed by atoms with Crippen LogP contribution < -0.4 is 5.32 Å². The van der Waals surface area contributed by atoms with Crippen LogP contribution in [-0.4, -0.2) is 23.4 Å². The van der Waals surface area contributed by atoms with Crippen molar-refractivity contribution in [1.82, 2.24) is 0 Å². The minimum absolute atomic E-state index is 0.119. The summed E-state index contributed by atoms with van der Waals surface area (Å²) in [6.07, 6.45) is 0.529. The van der Waals surface area contributed by atoms with Gasteiger partial charge in [-0.15, -0.1) is 0 Å². The Balaban J connectivity index is 2.16. The van der Waals surface area contributed by atoms with E-state index in [2.05, 4.69) is 25.2 Å². The summed E-state index contributed by atoms with van der Waals surface area (Å²) in [6, 6.07) is 5.93. The third-order valence-electron chi connectivity index (χ3n) is 4.60. The number of rotatable bonds is 3. The summed E-state index contributed by atoms with van der Waals surface area (Å²) >= 11 is 0. The molecule has 1 unspecified atom stereocenters. The molecule has 4 nitrogen and oxygen atoms in total. The number of aliphatic hydroxyl groups excluding tert-OH is 1. The number of hydrogen-bond acceptors (Lipinski definition) is 3. The van der Waals surface area contributed by atoms with Gasteiger partial charge in [-0.3, -0.25) is 5.32 Å². The molecule has 2 rings (SSSR count). The van der Waals surface area contributed by atoms with E-state index in [4.69, 9.17) is 4.74 Å². The number of aryl methyl sites for hydroxylation is 1. The van der Waals surface area contributed by atoms with Crippen LogP contribution in [0, 0.1) is 12.3 Å². The van der Waals surface area contributed by atoms with E-state index in [1.165, 1.54) is 0 Å². The van der Waals surface area contributed by atoms with E-state index in [0.717, 1.165) is 23.2 Å². The molecule has 2 N–H and O–H groups in total. The summed E-state index contributed by atoms with van der Waals surface area (Å²) in [7, 11) is 0. The van der Waals surface area contributed by atoms with Gasteiger partial charge in [-0.05, 0) is 56.7 Å². The van der Waals surface area contributed by atoms with Crippen molar-refractivity contribution >= 4 is 11.8 Å². The average molecular weight is 305 g/mol. The van der Waals surface area contributed by atoms with Crippen LogP contribution in [0.25, 0.3) is 0 Å². The largest absolute Gasteiger partial charge is 0.444 e. The van der Waals surface area contributed by atoms with Gasteiger partial charge in [0.25, 0.3) is 0 Å². The molecule has 0 saturated heterocycles. The van der Waals surface area contributed by atoms with E-state index in [9.17, 15) is 9.90 Å². The average Bonchev–Trinajstić information content (AvgIpc) is 2.93. The normalized spacial score (nSPS) is 23.0. The molecule has 1 saturated carbocycles. The van der Waals surface area contributed by atoms with Gasteiger partial charge >= 0.3 is 6.09 Å². The van der Waals surface area contributed by atoms with Crippen LogP contribution in [0.3, 0.4) is 0 Å². The molecular weight excluding hydrogens is 278 g/mol. The van der Waals surface area contributed by atoms with Crippen LogP contribution in [0.5, 0.6) is 0 Å². The Bertz CT molecular complexity index is 586. The molecule has 22 heavy (non-hydrogen) atoms. The maximum atomic E-state index is 11.9. The summed E-state index contributed by atoms with van der Waals surface area (Å²) in [5.41, 5.74) is 2.30. The van der Waals surface area contributed by atoms with Gasteiger partial charge in [0.1, 0.15) is 5.60 Å². The van der Waals surface area contributed by atoms with Crippen LogP contribution in [-0.2, 0) is 10.2 Å². The molecular formula is C18H27NO3. The third kappa shape index (κ3) is 3.12. The summed E-state index contributed by atoms with van der Waals surface area (Å²) < 4.78 is 5.27. The van der Waals surface area contributed by atoms with E-state index in [-0.39, 0.29) is 17.4 Å². The van der Waals surface area contributed by atoms with Crippen molar-refractivity contribution in [3.8, 4) is 0 Å². The number of benzene rings is 1. The second-order valence-electron chi connectivity index (χ2n) is 7.96. The summed E-state index contributed by atoms with van der Waals surface area (Å²) in [4.78, 5) is 11.9. The zero-order valence-electron chi connectivity index (χ0n) is 14.4. The standard InChI is InChI=1S/C18H27NO3/c1-12-9-13(18(11-20)10-17(18,5)6)7-8-14(12)19-15(21)22-16(2,3)4/h7-9,20H,10-11H2,1-6H3,(H,19,21). The van der Waals surface area contributed by atoms with Crippen LogP contribution in [0.4, 0.5) is 10.5 Å². The number of aliphatic hydroxyl groups is 1. The zero-order chi connectivity index (χ0) is 16.8. The van der Waals surface area contributed by atoms with E-state index < -0.39 is 11.7 Å². The van der Waals surface area contributed by atoms with Crippen molar-refractivity contribution in [2.45, 2.75) is 59.0 Å². The number of ether oxygens (including phenoxy) is 1. The lowest BCUT2D eigenvalue weighted by molar-refractivity contribution is 0.0636. The van der Waals surface area contributed by atoms with Gasteiger partial charge in [0, 0.05) is 11.1 Å². The molecule has 0 aromatic heterocycles. The molecule has 0 heterocycles. The van der Waals surface area contributed by atoms with Gasteiger partial charge in [0.05, 0.1) is 6.61 Å². The highest BCUT2D eigenvalue weighted by molar-refractivity contribution is 5.86. The molecule has 0 bridgehead atoms. The quantitative estimate of drug-likeness (QED) is 0.887. The smallest absolute Gasteiger partial charge is 0.412 e. The number of anilines is 1. The molecule has 1 fully saturated rings. The monoisotopic (exact) mass is 305 g/mol.